The van der Waals surface area contributed by atoms with Crippen LogP contribution >= 0.6 is 0 Å². The molecule has 0 saturated carbocycles. The summed E-state index contributed by atoms with van der Waals surface area (Å²) in [5, 5.41) is 10.6. The summed E-state index contributed by atoms with van der Waals surface area (Å²) in [5.41, 5.74) is 2.47. The van der Waals surface area contributed by atoms with Gasteiger partial charge in [0.15, 0.2) is 11.9 Å². The Labute approximate surface area is 141 Å². The highest BCUT2D eigenvalue weighted by molar-refractivity contribution is 5.65. The molecule has 0 spiro atoms. The number of ether oxygens (including phenoxy) is 1. The maximum Gasteiger partial charge on any atom is 0.363 e. The molecule has 0 N–H and O–H groups in total. The Morgan fingerprint density at radius 3 is 2.68 bits per heavy atom. The fraction of sp³-hybridized carbons (Fsp3) is 0. The van der Waals surface area contributed by atoms with E-state index in [-0.39, 0.29) is 5.82 Å². The Bertz CT molecular complexity index is 1060. The molecule has 0 radical (unpaired) electrons. The van der Waals surface area contributed by atoms with Gasteiger partial charge in [0.05, 0.1) is 5.69 Å². The molecule has 4 rings (SSSR count). The summed E-state index contributed by atoms with van der Waals surface area (Å²) in [6.07, 6.45) is 8.46. The number of nitrogens with zero attached hydrogens (tertiary/aromatic N) is 5. The molecule has 0 saturated heterocycles. The third-order valence-electron chi connectivity index (χ3n) is 3.57. The molecular weight excluding hydrogens is 322 g/mol. The van der Waals surface area contributed by atoms with Crippen LogP contribution in [0.3, 0.4) is 0 Å². The zero-order valence-electron chi connectivity index (χ0n) is 12.8. The van der Waals surface area contributed by atoms with Gasteiger partial charge in [-0.25, -0.2) is 4.98 Å². The first kappa shape index (κ1) is 14.8. The molecule has 8 nitrogen and oxygen atoms in total. The van der Waals surface area contributed by atoms with E-state index < -0.39 is 4.92 Å². The molecule has 0 aromatic carbocycles. The molecule has 4 aromatic heterocycles. The largest absolute Gasteiger partial charge is 0.453 e. The minimum absolute atomic E-state index is 0.226. The molecule has 0 amide bonds. The summed E-state index contributed by atoms with van der Waals surface area (Å²) in [6.45, 7) is 0. The third kappa shape index (κ3) is 3.00. The molecule has 0 unspecified atom stereocenters. The second-order valence-corrected chi connectivity index (χ2v) is 5.20. The van der Waals surface area contributed by atoms with E-state index in [1.165, 1.54) is 18.3 Å². The van der Waals surface area contributed by atoms with Gasteiger partial charge in [-0.1, -0.05) is 0 Å². The van der Waals surface area contributed by atoms with Crippen LogP contribution < -0.4 is 4.74 Å². The Morgan fingerprint density at radius 1 is 0.960 bits per heavy atom. The Hall–Kier alpha value is -3.81. The van der Waals surface area contributed by atoms with Crippen molar-refractivity contribution in [1.29, 1.82) is 0 Å². The first-order valence-electron chi connectivity index (χ1n) is 7.36. The second kappa shape index (κ2) is 6.00. The number of hydrogen-bond acceptors (Lipinski definition) is 6. The van der Waals surface area contributed by atoms with Crippen LogP contribution in [0.5, 0.6) is 11.5 Å². The van der Waals surface area contributed by atoms with Crippen molar-refractivity contribution in [3.8, 4) is 22.8 Å². The minimum atomic E-state index is -0.555. The number of rotatable bonds is 4. The Balaban J connectivity index is 1.61. The van der Waals surface area contributed by atoms with Crippen LogP contribution in [-0.4, -0.2) is 24.3 Å². The van der Waals surface area contributed by atoms with Crippen LogP contribution in [0.25, 0.3) is 16.9 Å². The van der Waals surface area contributed by atoms with Crippen molar-refractivity contribution in [2.45, 2.75) is 0 Å². The lowest BCUT2D eigenvalue weighted by Crippen LogP contribution is -1.93. The van der Waals surface area contributed by atoms with Crippen LogP contribution in [0, 0.1) is 10.1 Å². The average molecular weight is 333 g/mol. The van der Waals surface area contributed by atoms with Gasteiger partial charge in [0.1, 0.15) is 11.4 Å². The second-order valence-electron chi connectivity index (χ2n) is 5.20. The molecule has 0 atom stereocenters. The molecule has 4 heterocycles. The number of pyridine rings is 3. The van der Waals surface area contributed by atoms with E-state index in [1.54, 1.807) is 24.5 Å². The van der Waals surface area contributed by atoms with Gasteiger partial charge in [0, 0.05) is 42.5 Å². The summed E-state index contributed by atoms with van der Waals surface area (Å²) in [5.74, 6) is 0.742. The van der Waals surface area contributed by atoms with Gasteiger partial charge in [-0.15, -0.1) is 0 Å². The van der Waals surface area contributed by atoms with E-state index in [0.29, 0.717) is 11.5 Å². The zero-order valence-corrected chi connectivity index (χ0v) is 12.8. The maximum absolute atomic E-state index is 10.6. The highest BCUT2D eigenvalue weighted by Gasteiger charge is 2.09. The zero-order chi connectivity index (χ0) is 17.2. The van der Waals surface area contributed by atoms with Gasteiger partial charge in [0.2, 0.25) is 0 Å². The van der Waals surface area contributed by atoms with Crippen LogP contribution in [-0.2, 0) is 0 Å². The maximum atomic E-state index is 10.6. The molecule has 0 aliphatic rings. The fourth-order valence-electron chi connectivity index (χ4n) is 2.38. The molecule has 0 fully saturated rings. The van der Waals surface area contributed by atoms with Gasteiger partial charge in [-0.05, 0) is 34.2 Å². The van der Waals surface area contributed by atoms with E-state index >= 15 is 0 Å². The van der Waals surface area contributed by atoms with Crippen molar-refractivity contribution in [3.05, 3.63) is 77.5 Å². The Morgan fingerprint density at radius 2 is 1.88 bits per heavy atom. The first-order chi connectivity index (χ1) is 12.2. The fourth-order valence-corrected chi connectivity index (χ4v) is 2.38. The van der Waals surface area contributed by atoms with Crippen molar-refractivity contribution in [2.24, 2.45) is 0 Å². The average Bonchev–Trinajstić information content (AvgIpc) is 3.10. The van der Waals surface area contributed by atoms with Crippen molar-refractivity contribution in [2.75, 3.05) is 0 Å². The molecule has 0 aliphatic carbocycles. The predicted octanol–water partition coefficient (Wildman–Crippen LogP) is 3.49. The smallest absolute Gasteiger partial charge is 0.363 e. The summed E-state index contributed by atoms with van der Waals surface area (Å²) in [6, 6.07) is 10.2. The summed E-state index contributed by atoms with van der Waals surface area (Å²) >= 11 is 0. The predicted molar refractivity (Wildman–Crippen MR) is 89.4 cm³/mol. The molecule has 8 heteroatoms. The van der Waals surface area contributed by atoms with Crippen LogP contribution in [0.15, 0.2) is 67.4 Å². The molecule has 122 valence electrons. The monoisotopic (exact) mass is 333 g/mol. The topological polar surface area (TPSA) is 95.5 Å². The molecule has 25 heavy (non-hydrogen) atoms. The quantitative estimate of drug-likeness (QED) is 0.419. The van der Waals surface area contributed by atoms with Crippen LogP contribution in [0.2, 0.25) is 0 Å². The van der Waals surface area contributed by atoms with Crippen molar-refractivity contribution < 1.29 is 9.66 Å². The van der Waals surface area contributed by atoms with Crippen molar-refractivity contribution in [3.63, 3.8) is 0 Å². The van der Waals surface area contributed by atoms with E-state index in [2.05, 4.69) is 15.0 Å². The first-order valence-corrected chi connectivity index (χ1v) is 7.36. The number of nitro groups is 1. The minimum Gasteiger partial charge on any atom is -0.453 e. The SMILES string of the molecule is O=[N+]([O-])c1ccc(Oc2ccnc(-c3ccn4ccnc4c3)c2)cn1. The van der Waals surface area contributed by atoms with Gasteiger partial charge in [-0.3, -0.25) is 4.98 Å². The standard InChI is InChI=1S/C17H11N5O3/c23-22(24)16-2-1-14(11-20-16)25-13-3-5-18-15(10-13)12-4-7-21-8-6-19-17(21)9-12/h1-11H. The summed E-state index contributed by atoms with van der Waals surface area (Å²) in [4.78, 5) is 22.4. The normalized spacial score (nSPS) is 10.7. The summed E-state index contributed by atoms with van der Waals surface area (Å²) in [7, 11) is 0. The number of fused-ring (bicyclic) bond motifs is 1. The lowest BCUT2D eigenvalue weighted by molar-refractivity contribution is -0.389. The lowest BCUT2D eigenvalue weighted by atomic mass is 10.2. The van der Waals surface area contributed by atoms with E-state index in [0.717, 1.165) is 16.9 Å². The number of aromatic nitrogens is 4. The molecular formula is C17H11N5O3. The van der Waals surface area contributed by atoms with Crippen LogP contribution in [0.4, 0.5) is 5.82 Å². The van der Waals surface area contributed by atoms with Crippen LogP contribution in [0.1, 0.15) is 0 Å². The number of hydrogen-bond donors (Lipinski definition) is 0. The van der Waals surface area contributed by atoms with E-state index in [4.69, 9.17) is 4.74 Å². The van der Waals surface area contributed by atoms with E-state index in [9.17, 15) is 10.1 Å². The van der Waals surface area contributed by atoms with Crippen molar-refractivity contribution >= 4 is 11.5 Å². The molecule has 0 bridgehead atoms. The van der Waals surface area contributed by atoms with Crippen molar-refractivity contribution in [1.82, 2.24) is 19.4 Å². The van der Waals surface area contributed by atoms with Gasteiger partial charge < -0.3 is 19.3 Å². The number of imidazole rings is 1. The van der Waals surface area contributed by atoms with Gasteiger partial charge in [0.25, 0.3) is 0 Å². The highest BCUT2D eigenvalue weighted by Crippen LogP contribution is 2.26. The summed E-state index contributed by atoms with van der Waals surface area (Å²) < 4.78 is 7.61. The molecule has 0 aliphatic heterocycles. The van der Waals surface area contributed by atoms with Gasteiger partial charge >= 0.3 is 5.82 Å². The third-order valence-corrected chi connectivity index (χ3v) is 3.57. The van der Waals surface area contributed by atoms with E-state index in [1.807, 2.05) is 28.9 Å². The Kier molecular flexibility index (Phi) is 3.55. The lowest BCUT2D eigenvalue weighted by Gasteiger charge is -2.06. The highest BCUT2D eigenvalue weighted by atomic mass is 16.6. The van der Waals surface area contributed by atoms with Gasteiger partial charge in [-0.2, -0.15) is 0 Å². The molecule has 4 aromatic rings.